The molecule has 2 aliphatic rings. The van der Waals surface area contributed by atoms with Crippen LogP contribution < -0.4 is 0 Å². The van der Waals surface area contributed by atoms with E-state index in [1.807, 2.05) is 0 Å². The summed E-state index contributed by atoms with van der Waals surface area (Å²) in [7, 11) is 0. The van der Waals surface area contributed by atoms with E-state index in [2.05, 4.69) is 23.6 Å². The average molecular weight is 196 g/mol. The summed E-state index contributed by atoms with van der Waals surface area (Å²) in [5.41, 5.74) is 0. The summed E-state index contributed by atoms with van der Waals surface area (Å²) >= 11 is 0. The van der Waals surface area contributed by atoms with Crippen LogP contribution in [0.4, 0.5) is 0 Å². The lowest BCUT2D eigenvalue weighted by atomic mass is 9.88. The maximum absolute atomic E-state index is 2.70. The molecule has 2 heteroatoms. The summed E-state index contributed by atoms with van der Waals surface area (Å²) < 4.78 is 0. The van der Waals surface area contributed by atoms with E-state index in [1.54, 1.807) is 0 Å². The number of fused-ring (bicyclic) bond motifs is 1. The molecule has 2 fully saturated rings. The van der Waals surface area contributed by atoms with Crippen molar-refractivity contribution in [3.8, 4) is 0 Å². The number of hydrogen-bond donors (Lipinski definition) is 0. The molecule has 0 aromatic rings. The summed E-state index contributed by atoms with van der Waals surface area (Å²) in [6.45, 7) is 9.81. The highest BCUT2D eigenvalue weighted by Crippen LogP contribution is 2.29. The first-order valence-corrected chi connectivity index (χ1v) is 6.35. The number of rotatable bonds is 2. The van der Waals surface area contributed by atoms with Crippen LogP contribution in [0.1, 0.15) is 39.5 Å². The minimum absolute atomic E-state index is 0.877. The number of likely N-dealkylation sites (N-methyl/N-ethyl adjacent to an activating group) is 2. The van der Waals surface area contributed by atoms with Gasteiger partial charge < -0.3 is 0 Å². The van der Waals surface area contributed by atoms with Crippen LogP contribution in [0, 0.1) is 0 Å². The van der Waals surface area contributed by atoms with E-state index in [0.717, 1.165) is 12.1 Å². The maximum atomic E-state index is 2.70. The van der Waals surface area contributed by atoms with Crippen LogP contribution in [-0.4, -0.2) is 48.1 Å². The first kappa shape index (κ1) is 10.4. The summed E-state index contributed by atoms with van der Waals surface area (Å²) in [6, 6.07) is 1.75. The number of hydrogen-bond acceptors (Lipinski definition) is 2. The van der Waals surface area contributed by atoms with Gasteiger partial charge in [0.15, 0.2) is 0 Å². The molecular formula is C12H24N2. The van der Waals surface area contributed by atoms with Gasteiger partial charge in [0.25, 0.3) is 0 Å². The Morgan fingerprint density at radius 3 is 1.64 bits per heavy atom. The molecule has 0 aromatic carbocycles. The summed E-state index contributed by atoms with van der Waals surface area (Å²) in [4.78, 5) is 5.41. The molecule has 2 nitrogen and oxygen atoms in total. The van der Waals surface area contributed by atoms with E-state index in [1.165, 1.54) is 51.9 Å². The van der Waals surface area contributed by atoms with E-state index < -0.39 is 0 Å². The van der Waals surface area contributed by atoms with Crippen molar-refractivity contribution in [1.82, 2.24) is 9.80 Å². The highest BCUT2D eigenvalue weighted by molar-refractivity contribution is 4.93. The Bertz CT molecular complexity index is 161. The first-order chi connectivity index (χ1) is 6.86. The van der Waals surface area contributed by atoms with Crippen molar-refractivity contribution in [3.05, 3.63) is 0 Å². The molecular weight excluding hydrogens is 172 g/mol. The van der Waals surface area contributed by atoms with E-state index in [-0.39, 0.29) is 0 Å². The van der Waals surface area contributed by atoms with Gasteiger partial charge in [-0.3, -0.25) is 9.80 Å². The van der Waals surface area contributed by atoms with Crippen molar-refractivity contribution >= 4 is 0 Å². The summed E-state index contributed by atoms with van der Waals surface area (Å²) in [5.74, 6) is 0. The Morgan fingerprint density at radius 1 is 0.857 bits per heavy atom. The van der Waals surface area contributed by atoms with Gasteiger partial charge in [0.05, 0.1) is 0 Å². The lowest BCUT2D eigenvalue weighted by molar-refractivity contribution is 0.0119. The maximum Gasteiger partial charge on any atom is 0.0251 e. The predicted molar refractivity (Wildman–Crippen MR) is 60.5 cm³/mol. The van der Waals surface area contributed by atoms with E-state index in [0.29, 0.717) is 0 Å². The molecule has 14 heavy (non-hydrogen) atoms. The van der Waals surface area contributed by atoms with Gasteiger partial charge in [-0.05, 0) is 51.9 Å². The van der Waals surface area contributed by atoms with Crippen LogP contribution in [0.25, 0.3) is 0 Å². The molecule has 0 saturated carbocycles. The fourth-order valence-electron chi connectivity index (χ4n) is 3.36. The molecule has 0 aromatic heterocycles. The average Bonchev–Trinajstić information content (AvgIpc) is 2.27. The second kappa shape index (κ2) is 4.63. The van der Waals surface area contributed by atoms with Crippen molar-refractivity contribution < 1.29 is 0 Å². The Morgan fingerprint density at radius 2 is 1.29 bits per heavy atom. The summed E-state index contributed by atoms with van der Waals surface area (Å²) in [5, 5.41) is 0. The van der Waals surface area contributed by atoms with E-state index in [9.17, 15) is 0 Å². The van der Waals surface area contributed by atoms with Crippen LogP contribution in [0.5, 0.6) is 0 Å². The third-order valence-corrected chi connectivity index (χ3v) is 4.08. The Balaban J connectivity index is 2.04. The zero-order chi connectivity index (χ0) is 9.97. The lowest BCUT2D eigenvalue weighted by Crippen LogP contribution is -2.58. The molecule has 0 N–H and O–H groups in total. The van der Waals surface area contributed by atoms with Crippen molar-refractivity contribution in [1.29, 1.82) is 0 Å². The van der Waals surface area contributed by atoms with Gasteiger partial charge in [0, 0.05) is 12.1 Å². The van der Waals surface area contributed by atoms with Crippen molar-refractivity contribution in [2.75, 3.05) is 26.2 Å². The van der Waals surface area contributed by atoms with Gasteiger partial charge >= 0.3 is 0 Å². The van der Waals surface area contributed by atoms with E-state index in [4.69, 9.17) is 0 Å². The van der Waals surface area contributed by atoms with Crippen molar-refractivity contribution in [3.63, 3.8) is 0 Å². The predicted octanol–water partition coefficient (Wildman–Crippen LogP) is 1.95. The smallest absolute Gasteiger partial charge is 0.0251 e. The van der Waals surface area contributed by atoms with Crippen LogP contribution in [0.2, 0.25) is 0 Å². The highest BCUT2D eigenvalue weighted by Gasteiger charge is 2.35. The SMILES string of the molecule is CCN1CCCC2C1CCCN2CC. The fourth-order valence-corrected chi connectivity index (χ4v) is 3.36. The third-order valence-electron chi connectivity index (χ3n) is 4.08. The molecule has 0 spiro atoms. The lowest BCUT2D eigenvalue weighted by Gasteiger charge is -2.49. The van der Waals surface area contributed by atoms with E-state index >= 15 is 0 Å². The third kappa shape index (κ3) is 1.82. The van der Waals surface area contributed by atoms with Gasteiger partial charge in [-0.25, -0.2) is 0 Å². The van der Waals surface area contributed by atoms with Gasteiger partial charge in [-0.15, -0.1) is 0 Å². The monoisotopic (exact) mass is 196 g/mol. The Hall–Kier alpha value is -0.0800. The quantitative estimate of drug-likeness (QED) is 0.666. The molecule has 2 atom stereocenters. The zero-order valence-electron chi connectivity index (χ0n) is 9.71. The van der Waals surface area contributed by atoms with Gasteiger partial charge in [0.1, 0.15) is 0 Å². The van der Waals surface area contributed by atoms with Gasteiger partial charge in [0.2, 0.25) is 0 Å². The van der Waals surface area contributed by atoms with Gasteiger partial charge in [-0.2, -0.15) is 0 Å². The van der Waals surface area contributed by atoms with Gasteiger partial charge in [-0.1, -0.05) is 13.8 Å². The molecule has 0 aliphatic carbocycles. The Kier molecular flexibility index (Phi) is 3.45. The van der Waals surface area contributed by atoms with Crippen molar-refractivity contribution in [2.45, 2.75) is 51.6 Å². The Labute approximate surface area is 88.3 Å². The molecule has 2 aliphatic heterocycles. The zero-order valence-corrected chi connectivity index (χ0v) is 9.71. The largest absolute Gasteiger partial charge is 0.299 e. The molecule has 0 amide bonds. The minimum Gasteiger partial charge on any atom is -0.299 e. The number of piperidine rings is 2. The first-order valence-electron chi connectivity index (χ1n) is 6.35. The molecule has 82 valence electrons. The number of likely N-dealkylation sites (tertiary alicyclic amines) is 2. The fraction of sp³-hybridized carbons (Fsp3) is 1.00. The van der Waals surface area contributed by atoms with Crippen LogP contribution >= 0.6 is 0 Å². The second-order valence-electron chi connectivity index (χ2n) is 4.68. The van der Waals surface area contributed by atoms with Crippen LogP contribution in [0.15, 0.2) is 0 Å². The van der Waals surface area contributed by atoms with Crippen molar-refractivity contribution in [2.24, 2.45) is 0 Å². The van der Waals surface area contributed by atoms with Crippen LogP contribution in [-0.2, 0) is 0 Å². The standard InChI is InChI=1S/C12H24N2/c1-3-13-9-5-8-12-11(13)7-6-10-14(12)4-2/h11-12H,3-10H2,1-2H3. The molecule has 0 radical (unpaired) electrons. The number of nitrogens with zero attached hydrogens (tertiary/aromatic N) is 2. The normalized spacial score (nSPS) is 35.6. The minimum atomic E-state index is 0.877. The molecule has 0 bridgehead atoms. The molecule has 2 heterocycles. The molecule has 2 rings (SSSR count). The van der Waals surface area contributed by atoms with Crippen LogP contribution in [0.3, 0.4) is 0 Å². The second-order valence-corrected chi connectivity index (χ2v) is 4.68. The summed E-state index contributed by atoms with van der Waals surface area (Å²) in [6.07, 6.45) is 5.70. The highest BCUT2D eigenvalue weighted by atomic mass is 15.3. The molecule has 2 saturated heterocycles. The molecule has 2 unspecified atom stereocenters. The topological polar surface area (TPSA) is 6.48 Å².